The summed E-state index contributed by atoms with van der Waals surface area (Å²) in [5, 5.41) is 9.23. The lowest BCUT2D eigenvalue weighted by molar-refractivity contribution is -0.110. The van der Waals surface area contributed by atoms with Gasteiger partial charge in [0.1, 0.15) is 0 Å². The predicted molar refractivity (Wildman–Crippen MR) is 128 cm³/mol. The molecule has 5 rings (SSSR count). The van der Waals surface area contributed by atoms with Gasteiger partial charge in [0.2, 0.25) is 0 Å². The van der Waals surface area contributed by atoms with Crippen LogP contribution in [0, 0.1) is 0 Å². The second-order valence-corrected chi connectivity index (χ2v) is 7.39. The number of carbonyl (C=O) groups is 2. The van der Waals surface area contributed by atoms with Gasteiger partial charge in [-0.15, -0.1) is 0 Å². The zero-order valence-corrected chi connectivity index (χ0v) is 17.1. The highest BCUT2D eigenvalue weighted by Gasteiger charge is 2.26. The summed E-state index contributed by atoms with van der Waals surface area (Å²) < 4.78 is 0. The average molecular weight is 420 g/mol. The van der Waals surface area contributed by atoms with Gasteiger partial charge in [-0.25, -0.2) is 0 Å². The minimum atomic E-state index is -0.172. The monoisotopic (exact) mass is 420 g/mol. The number of nitrogens with one attached hydrogen (secondary N) is 4. The van der Waals surface area contributed by atoms with Crippen molar-refractivity contribution in [2.24, 2.45) is 0 Å². The zero-order chi connectivity index (χ0) is 21.9. The van der Waals surface area contributed by atoms with Crippen LogP contribution in [0.4, 0.5) is 22.7 Å². The molecule has 0 aliphatic carbocycles. The van der Waals surface area contributed by atoms with Crippen molar-refractivity contribution in [2.75, 3.05) is 16.0 Å². The first-order valence-electron chi connectivity index (χ1n) is 10.2. The van der Waals surface area contributed by atoms with Crippen LogP contribution in [-0.4, -0.2) is 16.8 Å². The summed E-state index contributed by atoms with van der Waals surface area (Å²) in [7, 11) is 0. The number of aromatic amines is 1. The fourth-order valence-electron chi connectivity index (χ4n) is 3.67. The van der Waals surface area contributed by atoms with Crippen molar-refractivity contribution >= 4 is 46.2 Å². The van der Waals surface area contributed by atoms with Gasteiger partial charge >= 0.3 is 0 Å². The molecule has 0 atom stereocenters. The lowest BCUT2D eigenvalue weighted by Crippen LogP contribution is -2.11. The molecule has 1 aliphatic heterocycles. The van der Waals surface area contributed by atoms with Crippen LogP contribution in [0.1, 0.15) is 21.6 Å². The van der Waals surface area contributed by atoms with Crippen LogP contribution in [0.2, 0.25) is 0 Å². The quantitative estimate of drug-likeness (QED) is 0.322. The molecule has 2 heterocycles. The van der Waals surface area contributed by atoms with E-state index in [4.69, 9.17) is 0 Å². The molecule has 0 saturated carbocycles. The number of fused-ring (bicyclic) bond motifs is 1. The van der Waals surface area contributed by atoms with Crippen molar-refractivity contribution in [3.63, 3.8) is 0 Å². The minimum absolute atomic E-state index is 0.146. The van der Waals surface area contributed by atoms with Crippen molar-refractivity contribution in [2.45, 2.75) is 0 Å². The molecular weight excluding hydrogens is 400 g/mol. The van der Waals surface area contributed by atoms with Gasteiger partial charge in [-0.05, 0) is 54.6 Å². The van der Waals surface area contributed by atoms with Gasteiger partial charge in [-0.1, -0.05) is 36.4 Å². The van der Waals surface area contributed by atoms with Crippen LogP contribution in [0.3, 0.4) is 0 Å². The Bertz CT molecular complexity index is 1330. The van der Waals surface area contributed by atoms with E-state index in [1.54, 1.807) is 12.1 Å². The third kappa shape index (κ3) is 3.89. The number of H-pyrrole nitrogens is 1. The first kappa shape index (κ1) is 19.4. The van der Waals surface area contributed by atoms with Crippen LogP contribution >= 0.6 is 0 Å². The Morgan fingerprint density at radius 3 is 2.47 bits per heavy atom. The Labute approximate surface area is 185 Å². The lowest BCUT2D eigenvalue weighted by Gasteiger charge is -2.12. The molecule has 1 aliphatic rings. The molecule has 0 fully saturated rings. The van der Waals surface area contributed by atoms with Gasteiger partial charge in [0.25, 0.3) is 11.8 Å². The molecule has 0 unspecified atom stereocenters. The number of aromatic nitrogens is 1. The highest BCUT2D eigenvalue weighted by Crippen LogP contribution is 2.39. The Morgan fingerprint density at radius 1 is 0.844 bits per heavy atom. The van der Waals surface area contributed by atoms with Crippen molar-refractivity contribution in [3.05, 3.63) is 108 Å². The van der Waals surface area contributed by atoms with Crippen LogP contribution in [0.15, 0.2) is 91.1 Å². The fourth-order valence-corrected chi connectivity index (χ4v) is 3.67. The first-order chi connectivity index (χ1) is 15.7. The molecule has 0 spiro atoms. The average Bonchev–Trinajstić information content (AvgIpc) is 3.44. The molecule has 0 bridgehead atoms. The molecule has 0 saturated heterocycles. The number of hydrogen-bond acceptors (Lipinski definition) is 3. The van der Waals surface area contributed by atoms with Gasteiger partial charge in [0.15, 0.2) is 0 Å². The van der Waals surface area contributed by atoms with Crippen LogP contribution in [0.25, 0.3) is 11.6 Å². The highest BCUT2D eigenvalue weighted by molar-refractivity contribution is 6.36. The number of para-hydroxylation sites is 1. The first-order valence-corrected chi connectivity index (χ1v) is 10.2. The minimum Gasteiger partial charge on any atom is -0.362 e. The summed E-state index contributed by atoms with van der Waals surface area (Å²) in [5.74, 6) is -0.317. The van der Waals surface area contributed by atoms with Gasteiger partial charge in [0, 0.05) is 34.4 Å². The van der Waals surface area contributed by atoms with Gasteiger partial charge in [0.05, 0.1) is 16.9 Å². The normalized spacial score (nSPS) is 13.5. The van der Waals surface area contributed by atoms with Crippen molar-refractivity contribution in [1.82, 2.24) is 4.98 Å². The molecular formula is C26H20N4O2. The molecule has 6 nitrogen and oxygen atoms in total. The van der Waals surface area contributed by atoms with Gasteiger partial charge in [-0.3, -0.25) is 9.59 Å². The van der Waals surface area contributed by atoms with Crippen molar-refractivity contribution in [1.29, 1.82) is 0 Å². The van der Waals surface area contributed by atoms with E-state index in [-0.39, 0.29) is 11.8 Å². The number of amides is 2. The number of anilines is 4. The van der Waals surface area contributed by atoms with Gasteiger partial charge < -0.3 is 20.9 Å². The van der Waals surface area contributed by atoms with E-state index in [1.165, 1.54) is 0 Å². The standard InChI is InChI=1S/C26H20N4O2/c31-25(17-7-2-1-3-8-17)29-20-10-4-9-19(15-20)28-23-13-5-12-21-22(26(32)30-24(21)23)16-18-11-6-14-27-18/h1-16,27-28H,(H,29,31)(H,30,32). The summed E-state index contributed by atoms with van der Waals surface area (Å²) in [6.45, 7) is 0. The maximum absolute atomic E-state index is 12.6. The summed E-state index contributed by atoms with van der Waals surface area (Å²) in [6.07, 6.45) is 3.66. The molecule has 1 aromatic heterocycles. The lowest BCUT2D eigenvalue weighted by atomic mass is 10.0. The second-order valence-electron chi connectivity index (χ2n) is 7.39. The van der Waals surface area contributed by atoms with E-state index >= 15 is 0 Å². The Balaban J connectivity index is 1.39. The SMILES string of the molecule is O=C1Nc2c(Nc3cccc(NC(=O)c4ccccc4)c3)cccc2C1=Cc1ccc[nH]1. The largest absolute Gasteiger partial charge is 0.362 e. The Hall–Kier alpha value is -4.58. The van der Waals surface area contributed by atoms with E-state index in [9.17, 15) is 9.59 Å². The third-order valence-corrected chi connectivity index (χ3v) is 5.20. The van der Waals surface area contributed by atoms with Crippen LogP contribution in [0.5, 0.6) is 0 Å². The molecule has 3 aromatic carbocycles. The third-order valence-electron chi connectivity index (χ3n) is 5.20. The maximum Gasteiger partial charge on any atom is 0.256 e. The Morgan fingerprint density at radius 2 is 1.66 bits per heavy atom. The number of carbonyl (C=O) groups excluding carboxylic acids is 2. The second kappa shape index (κ2) is 8.28. The van der Waals surface area contributed by atoms with Crippen molar-refractivity contribution < 1.29 is 9.59 Å². The molecule has 0 radical (unpaired) electrons. The summed E-state index contributed by atoms with van der Waals surface area (Å²) in [6, 6.07) is 26.1. The van der Waals surface area contributed by atoms with Gasteiger partial charge in [-0.2, -0.15) is 0 Å². The topological polar surface area (TPSA) is 86.0 Å². The summed E-state index contributed by atoms with van der Waals surface area (Å²) >= 11 is 0. The van der Waals surface area contributed by atoms with E-state index < -0.39 is 0 Å². The molecule has 156 valence electrons. The number of hydrogen-bond donors (Lipinski definition) is 4. The van der Waals surface area contributed by atoms with Crippen LogP contribution in [-0.2, 0) is 4.79 Å². The maximum atomic E-state index is 12.6. The molecule has 2 amide bonds. The van der Waals surface area contributed by atoms with E-state index in [2.05, 4.69) is 20.9 Å². The van der Waals surface area contributed by atoms with Crippen molar-refractivity contribution in [3.8, 4) is 0 Å². The molecule has 6 heteroatoms. The molecule has 32 heavy (non-hydrogen) atoms. The number of rotatable bonds is 5. The van der Waals surface area contributed by atoms with E-state index in [0.717, 1.165) is 28.3 Å². The number of benzene rings is 3. The summed E-state index contributed by atoms with van der Waals surface area (Å²) in [5.41, 5.74) is 5.87. The fraction of sp³-hybridized carbons (Fsp3) is 0. The summed E-state index contributed by atoms with van der Waals surface area (Å²) in [4.78, 5) is 28.2. The predicted octanol–water partition coefficient (Wildman–Crippen LogP) is 5.50. The Kier molecular flexibility index (Phi) is 5.01. The van der Waals surface area contributed by atoms with E-state index in [1.807, 2.05) is 85.1 Å². The smallest absolute Gasteiger partial charge is 0.256 e. The molecule has 4 N–H and O–H groups in total. The zero-order valence-electron chi connectivity index (χ0n) is 17.1. The molecule has 4 aromatic rings. The van der Waals surface area contributed by atoms with E-state index in [0.29, 0.717) is 16.8 Å². The van der Waals surface area contributed by atoms with Crippen LogP contribution < -0.4 is 16.0 Å². The highest BCUT2D eigenvalue weighted by atomic mass is 16.2.